The molecule has 1 rings (SSSR count). The van der Waals surface area contributed by atoms with Crippen LogP contribution in [0.4, 0.5) is 0 Å². The third-order valence-corrected chi connectivity index (χ3v) is 1.63. The monoisotopic (exact) mass is 168 g/mol. The predicted molar refractivity (Wildman–Crippen MR) is 44.8 cm³/mol. The Morgan fingerprint density at radius 1 is 1.75 bits per heavy atom. The second-order valence-corrected chi connectivity index (χ2v) is 2.41. The van der Waals surface area contributed by atoms with Gasteiger partial charge in [0.2, 0.25) is 0 Å². The molecule has 1 heterocycles. The Kier molecular flexibility index (Phi) is 3.01. The summed E-state index contributed by atoms with van der Waals surface area (Å²) in [6, 6.07) is 1.34. The zero-order valence-corrected chi connectivity index (χ0v) is 6.90. The molecule has 0 amide bonds. The molecule has 12 heavy (non-hydrogen) atoms. The van der Waals surface area contributed by atoms with Crippen molar-refractivity contribution in [2.24, 2.45) is 5.73 Å². The molecular formula is C8H12N2O2. The fraction of sp³-hybridized carbons (Fsp3) is 0.375. The van der Waals surface area contributed by atoms with Crippen LogP contribution in [0.15, 0.2) is 18.5 Å². The van der Waals surface area contributed by atoms with Crippen molar-refractivity contribution in [3.8, 4) is 5.75 Å². The number of aliphatic hydroxyl groups excluding tert-OH is 1. The number of hydrogen-bond acceptors (Lipinski definition) is 4. The van der Waals surface area contributed by atoms with Gasteiger partial charge >= 0.3 is 0 Å². The molecule has 0 aliphatic rings. The number of ether oxygens (including phenoxy) is 1. The van der Waals surface area contributed by atoms with Gasteiger partial charge in [0.1, 0.15) is 5.75 Å². The molecule has 0 aromatic carbocycles. The van der Waals surface area contributed by atoms with E-state index >= 15 is 0 Å². The van der Waals surface area contributed by atoms with Crippen molar-refractivity contribution < 1.29 is 9.84 Å². The standard InChI is InChI=1S/C8H12N2O2/c1-12-8-4-10-3-2-6(8)7(9)5-11/h2-4,7,11H,5,9H2,1H3/t7-/m1/s1. The molecular weight excluding hydrogens is 156 g/mol. The van der Waals surface area contributed by atoms with Gasteiger partial charge in [-0.3, -0.25) is 4.98 Å². The average molecular weight is 168 g/mol. The number of methoxy groups -OCH3 is 1. The summed E-state index contributed by atoms with van der Waals surface area (Å²) in [6.45, 7) is -0.0969. The summed E-state index contributed by atoms with van der Waals surface area (Å²) in [6.07, 6.45) is 3.19. The van der Waals surface area contributed by atoms with Gasteiger partial charge in [-0.15, -0.1) is 0 Å². The van der Waals surface area contributed by atoms with Crippen LogP contribution >= 0.6 is 0 Å². The van der Waals surface area contributed by atoms with Crippen molar-refractivity contribution in [2.75, 3.05) is 13.7 Å². The van der Waals surface area contributed by atoms with Gasteiger partial charge in [-0.1, -0.05) is 0 Å². The third kappa shape index (κ3) is 1.72. The lowest BCUT2D eigenvalue weighted by atomic mass is 10.1. The maximum absolute atomic E-state index is 8.81. The molecule has 0 fully saturated rings. The van der Waals surface area contributed by atoms with E-state index in [9.17, 15) is 0 Å². The number of nitrogens with zero attached hydrogens (tertiary/aromatic N) is 1. The first kappa shape index (κ1) is 8.96. The van der Waals surface area contributed by atoms with E-state index in [1.165, 1.54) is 0 Å². The van der Waals surface area contributed by atoms with Gasteiger partial charge in [0, 0.05) is 11.8 Å². The summed E-state index contributed by atoms with van der Waals surface area (Å²) in [5.41, 5.74) is 6.39. The molecule has 0 spiro atoms. The van der Waals surface area contributed by atoms with Crippen molar-refractivity contribution in [3.05, 3.63) is 24.0 Å². The lowest BCUT2D eigenvalue weighted by molar-refractivity contribution is 0.264. The Morgan fingerprint density at radius 2 is 2.50 bits per heavy atom. The number of aliphatic hydroxyl groups is 1. The van der Waals surface area contributed by atoms with Crippen molar-refractivity contribution >= 4 is 0 Å². The zero-order chi connectivity index (χ0) is 8.97. The van der Waals surface area contributed by atoms with Crippen LogP contribution in [0, 0.1) is 0 Å². The fourth-order valence-corrected chi connectivity index (χ4v) is 0.966. The molecule has 3 N–H and O–H groups in total. The number of pyridine rings is 1. The van der Waals surface area contributed by atoms with Gasteiger partial charge < -0.3 is 15.6 Å². The Hall–Kier alpha value is -1.13. The Bertz CT molecular complexity index is 253. The molecule has 0 aliphatic carbocycles. The van der Waals surface area contributed by atoms with E-state index in [1.807, 2.05) is 0 Å². The molecule has 1 aromatic heterocycles. The predicted octanol–water partition coefficient (Wildman–Crippen LogP) is 0.0823. The summed E-state index contributed by atoms with van der Waals surface area (Å²) < 4.78 is 5.01. The molecule has 0 aliphatic heterocycles. The summed E-state index contributed by atoms with van der Waals surface area (Å²) >= 11 is 0. The van der Waals surface area contributed by atoms with Crippen LogP contribution in [-0.2, 0) is 0 Å². The van der Waals surface area contributed by atoms with Crippen molar-refractivity contribution in [3.63, 3.8) is 0 Å². The van der Waals surface area contributed by atoms with Crippen LogP contribution in [0.25, 0.3) is 0 Å². The molecule has 66 valence electrons. The summed E-state index contributed by atoms with van der Waals surface area (Å²) in [5.74, 6) is 0.610. The highest BCUT2D eigenvalue weighted by Gasteiger charge is 2.09. The van der Waals surface area contributed by atoms with Gasteiger partial charge in [-0.2, -0.15) is 0 Å². The van der Waals surface area contributed by atoms with Gasteiger partial charge in [0.25, 0.3) is 0 Å². The van der Waals surface area contributed by atoms with Gasteiger partial charge in [-0.05, 0) is 6.07 Å². The van der Waals surface area contributed by atoms with Gasteiger partial charge in [0.15, 0.2) is 0 Å². The first-order valence-corrected chi connectivity index (χ1v) is 3.64. The topological polar surface area (TPSA) is 68.4 Å². The summed E-state index contributed by atoms with van der Waals surface area (Å²) in [7, 11) is 1.55. The largest absolute Gasteiger partial charge is 0.495 e. The second-order valence-electron chi connectivity index (χ2n) is 2.41. The Balaban J connectivity index is 2.96. The maximum atomic E-state index is 8.81. The van der Waals surface area contributed by atoms with E-state index in [0.29, 0.717) is 5.75 Å². The van der Waals surface area contributed by atoms with Crippen LogP contribution < -0.4 is 10.5 Å². The van der Waals surface area contributed by atoms with Crippen molar-refractivity contribution in [1.29, 1.82) is 0 Å². The smallest absolute Gasteiger partial charge is 0.141 e. The minimum absolute atomic E-state index is 0.0969. The summed E-state index contributed by atoms with van der Waals surface area (Å²) in [5, 5.41) is 8.81. The van der Waals surface area contributed by atoms with Crippen molar-refractivity contribution in [1.82, 2.24) is 4.98 Å². The van der Waals surface area contributed by atoms with Gasteiger partial charge in [-0.25, -0.2) is 0 Å². The fourth-order valence-electron chi connectivity index (χ4n) is 0.966. The van der Waals surface area contributed by atoms with Crippen LogP contribution in [-0.4, -0.2) is 23.8 Å². The van der Waals surface area contributed by atoms with Crippen LogP contribution in [0.3, 0.4) is 0 Å². The highest BCUT2D eigenvalue weighted by atomic mass is 16.5. The molecule has 4 nitrogen and oxygen atoms in total. The SMILES string of the molecule is COc1cnccc1[C@H](N)CO. The molecule has 1 aromatic rings. The molecule has 1 atom stereocenters. The van der Waals surface area contributed by atoms with E-state index in [0.717, 1.165) is 5.56 Å². The van der Waals surface area contributed by atoms with Crippen molar-refractivity contribution in [2.45, 2.75) is 6.04 Å². The van der Waals surface area contributed by atoms with Crippen LogP contribution in [0.5, 0.6) is 5.75 Å². The quantitative estimate of drug-likeness (QED) is 0.670. The van der Waals surface area contributed by atoms with Gasteiger partial charge in [0.05, 0.1) is 26.0 Å². The highest BCUT2D eigenvalue weighted by Crippen LogP contribution is 2.21. The molecule has 0 saturated heterocycles. The molecule has 0 radical (unpaired) electrons. The van der Waals surface area contributed by atoms with E-state index in [2.05, 4.69) is 4.98 Å². The van der Waals surface area contributed by atoms with E-state index in [4.69, 9.17) is 15.6 Å². The van der Waals surface area contributed by atoms with E-state index in [1.54, 1.807) is 25.6 Å². The summed E-state index contributed by atoms with van der Waals surface area (Å²) in [4.78, 5) is 3.87. The first-order chi connectivity index (χ1) is 5.79. The lowest BCUT2D eigenvalue weighted by Crippen LogP contribution is -2.15. The normalized spacial score (nSPS) is 12.6. The minimum atomic E-state index is -0.400. The molecule has 4 heteroatoms. The maximum Gasteiger partial charge on any atom is 0.141 e. The molecule has 0 bridgehead atoms. The Morgan fingerprint density at radius 3 is 3.08 bits per heavy atom. The van der Waals surface area contributed by atoms with Crippen LogP contribution in [0.1, 0.15) is 11.6 Å². The van der Waals surface area contributed by atoms with E-state index < -0.39 is 6.04 Å². The minimum Gasteiger partial charge on any atom is -0.495 e. The number of rotatable bonds is 3. The number of nitrogens with two attached hydrogens (primary N) is 1. The first-order valence-electron chi connectivity index (χ1n) is 3.64. The average Bonchev–Trinajstić information content (AvgIpc) is 2.16. The van der Waals surface area contributed by atoms with Crippen LogP contribution in [0.2, 0.25) is 0 Å². The Labute approximate surface area is 71.0 Å². The second kappa shape index (κ2) is 4.04. The molecule has 0 unspecified atom stereocenters. The lowest BCUT2D eigenvalue weighted by Gasteiger charge is -2.11. The number of aromatic nitrogens is 1. The third-order valence-electron chi connectivity index (χ3n) is 1.63. The number of hydrogen-bond donors (Lipinski definition) is 2. The van der Waals surface area contributed by atoms with E-state index in [-0.39, 0.29) is 6.61 Å². The molecule has 0 saturated carbocycles. The highest BCUT2D eigenvalue weighted by molar-refractivity contribution is 5.32. The zero-order valence-electron chi connectivity index (χ0n) is 6.90.